The maximum absolute atomic E-state index is 12.5. The lowest BCUT2D eigenvalue weighted by molar-refractivity contribution is 0.0937. The van der Waals surface area contributed by atoms with E-state index < -0.39 is 6.03 Å². The van der Waals surface area contributed by atoms with E-state index in [9.17, 15) is 9.59 Å². The predicted octanol–water partition coefficient (Wildman–Crippen LogP) is 3.31. The second-order valence-electron chi connectivity index (χ2n) is 8.09. The molecule has 2 aromatic carbocycles. The molecule has 3 N–H and O–H groups in total. The van der Waals surface area contributed by atoms with Crippen LogP contribution in [0.15, 0.2) is 54.7 Å². The Balaban J connectivity index is 1.24. The van der Waals surface area contributed by atoms with E-state index in [1.54, 1.807) is 6.20 Å². The van der Waals surface area contributed by atoms with Gasteiger partial charge >= 0.3 is 6.03 Å². The molecule has 7 heteroatoms. The Morgan fingerprint density at radius 3 is 2.39 bits per heavy atom. The Labute approximate surface area is 182 Å². The van der Waals surface area contributed by atoms with E-state index in [0.717, 1.165) is 23.0 Å². The first-order valence-corrected chi connectivity index (χ1v) is 10.8. The molecule has 0 unspecified atom stereocenters. The van der Waals surface area contributed by atoms with Crippen molar-refractivity contribution in [2.24, 2.45) is 7.05 Å². The fraction of sp³-hybridized carbons (Fsp3) is 0.333. The quantitative estimate of drug-likeness (QED) is 0.555. The molecule has 7 nitrogen and oxygen atoms in total. The molecule has 0 atom stereocenters. The number of nitrogens with one attached hydrogen (secondary N) is 3. The predicted molar refractivity (Wildman–Crippen MR) is 121 cm³/mol. The monoisotopic (exact) mass is 419 g/mol. The van der Waals surface area contributed by atoms with Crippen molar-refractivity contribution in [3.05, 3.63) is 71.4 Å². The fourth-order valence-corrected chi connectivity index (χ4v) is 4.07. The topological polar surface area (TPSA) is 78.4 Å². The van der Waals surface area contributed by atoms with Gasteiger partial charge in [0, 0.05) is 37.2 Å². The van der Waals surface area contributed by atoms with Gasteiger partial charge < -0.3 is 9.88 Å². The second kappa shape index (κ2) is 9.66. The van der Waals surface area contributed by atoms with E-state index in [-0.39, 0.29) is 5.91 Å². The van der Waals surface area contributed by atoms with Crippen LogP contribution in [-0.4, -0.2) is 34.5 Å². The number of urea groups is 1. The van der Waals surface area contributed by atoms with Crippen molar-refractivity contribution < 1.29 is 9.59 Å². The molecule has 0 radical (unpaired) electrons. The first-order valence-electron chi connectivity index (χ1n) is 10.8. The number of likely N-dealkylation sites (tertiary alicyclic amines) is 1. The lowest BCUT2D eigenvalue weighted by atomic mass is 10.1. The van der Waals surface area contributed by atoms with Gasteiger partial charge in [-0.2, -0.15) is 0 Å². The number of hydrogen-bond donors (Lipinski definition) is 3. The number of carbonyl (C=O) groups is 2. The normalized spacial score (nSPS) is 14.4. The highest BCUT2D eigenvalue weighted by atomic mass is 16.2. The summed E-state index contributed by atoms with van der Waals surface area (Å²) in [6.45, 7) is 3.72. The van der Waals surface area contributed by atoms with Crippen molar-refractivity contribution in [1.82, 2.24) is 25.6 Å². The fourth-order valence-electron chi connectivity index (χ4n) is 4.07. The van der Waals surface area contributed by atoms with Gasteiger partial charge in [0.05, 0.1) is 5.56 Å². The van der Waals surface area contributed by atoms with Gasteiger partial charge in [-0.3, -0.25) is 15.1 Å². The number of rotatable bonds is 5. The molecule has 1 aliphatic heterocycles. The summed E-state index contributed by atoms with van der Waals surface area (Å²) in [5.41, 5.74) is 8.68. The molecule has 1 saturated heterocycles. The smallest absolute Gasteiger partial charge is 0.333 e. The van der Waals surface area contributed by atoms with E-state index in [0.29, 0.717) is 12.1 Å². The van der Waals surface area contributed by atoms with Gasteiger partial charge in [-0.15, -0.1) is 0 Å². The molecule has 162 valence electrons. The number of aromatic nitrogens is 1. The lowest BCUT2D eigenvalue weighted by Crippen LogP contribution is -2.46. The molecule has 3 aromatic rings. The molecule has 0 saturated carbocycles. The van der Waals surface area contributed by atoms with E-state index in [2.05, 4.69) is 33.2 Å². The Kier molecular flexibility index (Phi) is 6.52. The first-order chi connectivity index (χ1) is 15.1. The molecule has 2 heterocycles. The highest BCUT2D eigenvalue weighted by Gasteiger charge is 2.14. The number of hydrogen-bond acceptors (Lipinski definition) is 3. The molecule has 4 rings (SSSR count). The van der Waals surface area contributed by atoms with Crippen LogP contribution in [0, 0.1) is 0 Å². The average molecular weight is 420 g/mol. The summed E-state index contributed by atoms with van der Waals surface area (Å²) in [4.78, 5) is 27.1. The van der Waals surface area contributed by atoms with E-state index >= 15 is 0 Å². The van der Waals surface area contributed by atoms with Crippen molar-refractivity contribution >= 4 is 22.8 Å². The average Bonchev–Trinajstić information content (AvgIpc) is 3.14. The van der Waals surface area contributed by atoms with Crippen LogP contribution < -0.4 is 16.2 Å². The van der Waals surface area contributed by atoms with Gasteiger partial charge in [0.15, 0.2) is 0 Å². The van der Waals surface area contributed by atoms with Crippen LogP contribution in [0.3, 0.4) is 0 Å². The van der Waals surface area contributed by atoms with Crippen LogP contribution >= 0.6 is 0 Å². The third-order valence-electron chi connectivity index (χ3n) is 5.76. The zero-order chi connectivity index (χ0) is 21.6. The maximum atomic E-state index is 12.5. The van der Waals surface area contributed by atoms with Crippen LogP contribution in [-0.2, 0) is 20.1 Å². The summed E-state index contributed by atoms with van der Waals surface area (Å²) in [5, 5.41) is 3.61. The molecule has 0 bridgehead atoms. The van der Waals surface area contributed by atoms with Crippen LogP contribution in [0.2, 0.25) is 0 Å². The van der Waals surface area contributed by atoms with Gasteiger partial charge in [0.1, 0.15) is 0 Å². The third-order valence-corrected chi connectivity index (χ3v) is 5.76. The number of amides is 3. The zero-order valence-electron chi connectivity index (χ0n) is 17.9. The summed E-state index contributed by atoms with van der Waals surface area (Å²) in [7, 11) is 1.89. The van der Waals surface area contributed by atoms with Crippen LogP contribution in [0.1, 0.15) is 40.7 Å². The molecule has 0 aliphatic carbocycles. The summed E-state index contributed by atoms with van der Waals surface area (Å²) in [6, 6.07) is 15.5. The minimum Gasteiger partial charge on any atom is -0.350 e. The Morgan fingerprint density at radius 1 is 0.903 bits per heavy atom. The van der Waals surface area contributed by atoms with Crippen molar-refractivity contribution in [3.8, 4) is 0 Å². The number of aryl methyl sites for hydroxylation is 1. The molecule has 1 aromatic heterocycles. The molecule has 1 aliphatic rings. The van der Waals surface area contributed by atoms with Crippen molar-refractivity contribution in [1.29, 1.82) is 0 Å². The second-order valence-corrected chi connectivity index (χ2v) is 8.09. The number of carbonyl (C=O) groups excluding carboxylic acids is 2. The molecule has 31 heavy (non-hydrogen) atoms. The van der Waals surface area contributed by atoms with E-state index in [4.69, 9.17) is 0 Å². The van der Waals surface area contributed by atoms with Gasteiger partial charge in [-0.05, 0) is 43.1 Å². The molecular weight excluding hydrogens is 390 g/mol. The number of nitrogens with zero attached hydrogens (tertiary/aromatic N) is 2. The standard InChI is InChI=1S/C24H29N5O2/c1-28-17-21(20-7-3-4-8-22(20)28)23(30)26-27-24(31)25-15-18-9-11-19(12-10-18)16-29-13-5-2-6-14-29/h3-4,7-12,17H,2,5-6,13-16H2,1H3,(H,26,30)(H2,25,27,31). The Morgan fingerprint density at radius 2 is 1.61 bits per heavy atom. The largest absolute Gasteiger partial charge is 0.350 e. The highest BCUT2D eigenvalue weighted by Crippen LogP contribution is 2.19. The maximum Gasteiger partial charge on any atom is 0.333 e. The van der Waals surface area contributed by atoms with Gasteiger partial charge in [0.2, 0.25) is 0 Å². The number of piperidine rings is 1. The van der Waals surface area contributed by atoms with Gasteiger partial charge in [-0.1, -0.05) is 48.9 Å². The van der Waals surface area contributed by atoms with Gasteiger partial charge in [0.25, 0.3) is 5.91 Å². The summed E-state index contributed by atoms with van der Waals surface area (Å²) in [6.07, 6.45) is 5.67. The summed E-state index contributed by atoms with van der Waals surface area (Å²) < 4.78 is 1.89. The number of hydrazine groups is 1. The molecular formula is C24H29N5O2. The lowest BCUT2D eigenvalue weighted by Gasteiger charge is -2.26. The SMILES string of the molecule is Cn1cc(C(=O)NNC(=O)NCc2ccc(CN3CCCCC3)cc2)c2ccccc21. The Hall–Kier alpha value is -3.32. The third kappa shape index (κ3) is 5.24. The van der Waals surface area contributed by atoms with E-state index in [1.807, 2.05) is 48.0 Å². The highest BCUT2D eigenvalue weighted by molar-refractivity contribution is 6.07. The minimum absolute atomic E-state index is 0.353. The van der Waals surface area contributed by atoms with Gasteiger partial charge in [-0.25, -0.2) is 10.2 Å². The van der Waals surface area contributed by atoms with E-state index in [1.165, 1.54) is 37.9 Å². The number of benzene rings is 2. The molecule has 3 amide bonds. The molecule has 1 fully saturated rings. The number of para-hydroxylation sites is 1. The van der Waals surface area contributed by atoms with Crippen molar-refractivity contribution in [2.75, 3.05) is 13.1 Å². The zero-order valence-corrected chi connectivity index (χ0v) is 17.9. The number of fused-ring (bicyclic) bond motifs is 1. The van der Waals surface area contributed by atoms with Crippen LogP contribution in [0.4, 0.5) is 4.79 Å². The Bertz CT molecular complexity index is 1050. The first kappa shape index (κ1) is 20.9. The molecule has 0 spiro atoms. The van der Waals surface area contributed by atoms with Crippen molar-refractivity contribution in [2.45, 2.75) is 32.4 Å². The minimum atomic E-state index is -0.453. The van der Waals surface area contributed by atoms with Crippen LogP contribution in [0.25, 0.3) is 10.9 Å². The van der Waals surface area contributed by atoms with Crippen LogP contribution in [0.5, 0.6) is 0 Å². The summed E-state index contributed by atoms with van der Waals surface area (Å²) in [5.74, 6) is -0.353. The van der Waals surface area contributed by atoms with Crippen molar-refractivity contribution in [3.63, 3.8) is 0 Å². The summed E-state index contributed by atoms with van der Waals surface area (Å²) >= 11 is 0.